The molecule has 0 saturated carbocycles. The van der Waals surface area contributed by atoms with E-state index in [9.17, 15) is 8.42 Å². The monoisotopic (exact) mass is 270 g/mol. The lowest BCUT2D eigenvalue weighted by atomic mass is 10.4. The van der Waals surface area contributed by atoms with Gasteiger partial charge in [-0.25, -0.2) is 13.1 Å². The summed E-state index contributed by atoms with van der Waals surface area (Å²) in [5, 5.41) is 10.7. The van der Waals surface area contributed by atoms with Crippen LogP contribution in [-0.2, 0) is 17.1 Å². The number of sulfonamides is 1. The number of hydrazine groups is 1. The van der Waals surface area contributed by atoms with Crippen LogP contribution in [0.4, 0.5) is 11.6 Å². The molecule has 2 heterocycles. The van der Waals surface area contributed by atoms with Crippen LogP contribution in [0.5, 0.6) is 0 Å². The number of tetrazole rings is 1. The fourth-order valence-corrected chi connectivity index (χ4v) is 2.26. The maximum atomic E-state index is 12.0. The van der Waals surface area contributed by atoms with E-state index in [-0.39, 0.29) is 16.5 Å². The molecule has 0 spiro atoms. The van der Waals surface area contributed by atoms with E-state index in [4.69, 9.17) is 5.84 Å². The molecule has 96 valence electrons. The second-order valence-corrected chi connectivity index (χ2v) is 4.87. The minimum atomic E-state index is -3.88. The van der Waals surface area contributed by atoms with Crippen LogP contribution in [0.25, 0.3) is 0 Å². The molecule has 0 amide bonds. The zero-order valence-electron chi connectivity index (χ0n) is 9.27. The van der Waals surface area contributed by atoms with E-state index in [0.717, 1.165) is 11.0 Å². The van der Waals surface area contributed by atoms with Crippen LogP contribution < -0.4 is 16.0 Å². The van der Waals surface area contributed by atoms with E-state index in [1.165, 1.54) is 19.3 Å². The minimum Gasteiger partial charge on any atom is -0.323 e. The molecule has 0 radical (unpaired) electrons. The van der Waals surface area contributed by atoms with Crippen molar-refractivity contribution in [1.29, 1.82) is 0 Å². The summed E-state index contributed by atoms with van der Waals surface area (Å²) in [4.78, 5) is 4.75. The van der Waals surface area contributed by atoms with Crippen LogP contribution in [0.3, 0.4) is 0 Å². The van der Waals surface area contributed by atoms with E-state index < -0.39 is 10.0 Å². The Morgan fingerprint density at radius 2 is 2.22 bits per heavy atom. The van der Waals surface area contributed by atoms with Crippen molar-refractivity contribution in [3.8, 4) is 0 Å². The number of nitrogens with one attached hydrogen (secondary N) is 2. The first kappa shape index (κ1) is 12.2. The van der Waals surface area contributed by atoms with Crippen molar-refractivity contribution in [2.45, 2.75) is 4.90 Å². The summed E-state index contributed by atoms with van der Waals surface area (Å²) >= 11 is 0. The average Bonchev–Trinajstić information content (AvgIpc) is 2.74. The average molecular weight is 270 g/mol. The van der Waals surface area contributed by atoms with Gasteiger partial charge in [0.1, 0.15) is 4.90 Å². The molecule has 0 saturated heterocycles. The number of rotatable bonds is 4. The molecule has 2 aromatic heterocycles. The van der Waals surface area contributed by atoms with E-state index >= 15 is 0 Å². The molecule has 10 nitrogen and oxygen atoms in total. The predicted octanol–water partition coefficient (Wildman–Crippen LogP) is -1.31. The number of nitrogens with two attached hydrogens (primary N) is 1. The van der Waals surface area contributed by atoms with Crippen molar-refractivity contribution in [1.82, 2.24) is 25.2 Å². The summed E-state index contributed by atoms with van der Waals surface area (Å²) in [7, 11) is -2.36. The summed E-state index contributed by atoms with van der Waals surface area (Å²) < 4.78 is 26.2. The molecule has 0 bridgehead atoms. The Labute approximate surface area is 102 Å². The van der Waals surface area contributed by atoms with Gasteiger partial charge in [0.15, 0.2) is 0 Å². The Hall–Kier alpha value is -2.27. The number of nitrogen functional groups attached to an aromatic ring is 1. The highest BCUT2D eigenvalue weighted by molar-refractivity contribution is 7.92. The van der Waals surface area contributed by atoms with Gasteiger partial charge in [0.25, 0.3) is 16.0 Å². The van der Waals surface area contributed by atoms with E-state index in [1.54, 1.807) is 0 Å². The standard InChI is InChI=1S/C7H10N8O2S/c1-15-12-7(11-14-15)13-18(16,17)6-4-9-3-2-5(6)10-8/h2-4H,8H2,1H3,(H,9,10)(H,12,13). The van der Waals surface area contributed by atoms with Gasteiger partial charge in [-0.3, -0.25) is 10.8 Å². The number of aryl methyl sites for hydroxylation is 1. The lowest BCUT2D eigenvalue weighted by Gasteiger charge is -2.08. The fraction of sp³-hybridized carbons (Fsp3) is 0.143. The van der Waals surface area contributed by atoms with Crippen molar-refractivity contribution in [3.05, 3.63) is 18.5 Å². The largest absolute Gasteiger partial charge is 0.323 e. The van der Waals surface area contributed by atoms with Gasteiger partial charge in [-0.05, 0) is 11.3 Å². The fourth-order valence-electron chi connectivity index (χ4n) is 1.21. The normalized spacial score (nSPS) is 11.2. The number of nitrogens with zero attached hydrogens (tertiary/aromatic N) is 5. The summed E-state index contributed by atoms with van der Waals surface area (Å²) in [6.45, 7) is 0. The summed E-state index contributed by atoms with van der Waals surface area (Å²) in [5.74, 6) is 5.09. The molecule has 0 atom stereocenters. The molecule has 2 rings (SSSR count). The van der Waals surface area contributed by atoms with Gasteiger partial charge in [-0.1, -0.05) is 5.10 Å². The third-order valence-electron chi connectivity index (χ3n) is 1.96. The number of hydrogen-bond acceptors (Lipinski definition) is 8. The van der Waals surface area contributed by atoms with Crippen molar-refractivity contribution in [2.75, 3.05) is 10.1 Å². The molecule has 0 aliphatic heterocycles. The third kappa shape index (κ3) is 2.36. The van der Waals surface area contributed by atoms with Crippen LogP contribution >= 0.6 is 0 Å². The zero-order valence-corrected chi connectivity index (χ0v) is 10.1. The SMILES string of the molecule is Cn1nnc(NS(=O)(=O)c2cnccc2NN)n1. The molecule has 11 heteroatoms. The van der Waals surface area contributed by atoms with Gasteiger partial charge < -0.3 is 5.43 Å². The lowest BCUT2D eigenvalue weighted by Crippen LogP contribution is -2.18. The van der Waals surface area contributed by atoms with Crippen LogP contribution in [0.1, 0.15) is 0 Å². The Morgan fingerprint density at radius 1 is 1.44 bits per heavy atom. The van der Waals surface area contributed by atoms with Crippen LogP contribution in [0.2, 0.25) is 0 Å². The molecule has 0 unspecified atom stereocenters. The van der Waals surface area contributed by atoms with Crippen molar-refractivity contribution in [3.63, 3.8) is 0 Å². The van der Waals surface area contributed by atoms with Gasteiger partial charge in [-0.15, -0.1) is 5.10 Å². The Morgan fingerprint density at radius 3 is 2.83 bits per heavy atom. The van der Waals surface area contributed by atoms with E-state index in [1.807, 2.05) is 0 Å². The van der Waals surface area contributed by atoms with Gasteiger partial charge in [-0.2, -0.15) is 4.80 Å². The molecule has 0 aliphatic carbocycles. The zero-order chi connectivity index (χ0) is 13.2. The van der Waals surface area contributed by atoms with Gasteiger partial charge in [0, 0.05) is 12.4 Å². The number of anilines is 2. The number of aromatic nitrogens is 5. The molecular weight excluding hydrogens is 260 g/mol. The first-order chi connectivity index (χ1) is 8.53. The smallest absolute Gasteiger partial charge is 0.277 e. The van der Waals surface area contributed by atoms with Gasteiger partial charge in [0.05, 0.1) is 12.7 Å². The summed E-state index contributed by atoms with van der Waals surface area (Å²) in [6, 6.07) is 1.43. The lowest BCUT2D eigenvalue weighted by molar-refractivity contribution is 0.600. The van der Waals surface area contributed by atoms with Crippen LogP contribution in [0, 0.1) is 0 Å². The van der Waals surface area contributed by atoms with Gasteiger partial charge >= 0.3 is 0 Å². The summed E-state index contributed by atoms with van der Waals surface area (Å²) in [5.41, 5.74) is 2.48. The van der Waals surface area contributed by atoms with Crippen molar-refractivity contribution < 1.29 is 8.42 Å². The highest BCUT2D eigenvalue weighted by Gasteiger charge is 2.20. The molecule has 0 fully saturated rings. The highest BCUT2D eigenvalue weighted by Crippen LogP contribution is 2.19. The Kier molecular flexibility index (Phi) is 3.08. The first-order valence-electron chi connectivity index (χ1n) is 4.70. The minimum absolute atomic E-state index is 0.111. The summed E-state index contributed by atoms with van der Waals surface area (Å²) in [6.07, 6.45) is 2.57. The van der Waals surface area contributed by atoms with Crippen molar-refractivity contribution in [2.24, 2.45) is 12.9 Å². The maximum absolute atomic E-state index is 12.0. The topological polar surface area (TPSA) is 141 Å². The second kappa shape index (κ2) is 4.54. The van der Waals surface area contributed by atoms with Gasteiger partial charge in [0.2, 0.25) is 0 Å². The second-order valence-electron chi connectivity index (χ2n) is 3.22. The molecule has 2 aromatic rings. The molecular formula is C7H10N8O2S. The highest BCUT2D eigenvalue weighted by atomic mass is 32.2. The predicted molar refractivity (Wildman–Crippen MR) is 61.7 cm³/mol. The first-order valence-corrected chi connectivity index (χ1v) is 6.18. The van der Waals surface area contributed by atoms with Crippen LogP contribution in [0.15, 0.2) is 23.4 Å². The van der Waals surface area contributed by atoms with Crippen molar-refractivity contribution >= 4 is 21.7 Å². The van der Waals surface area contributed by atoms with E-state index in [0.29, 0.717) is 0 Å². The van der Waals surface area contributed by atoms with Crippen LogP contribution in [-0.4, -0.2) is 33.6 Å². The maximum Gasteiger partial charge on any atom is 0.277 e. The third-order valence-corrected chi connectivity index (χ3v) is 3.32. The quantitative estimate of drug-likeness (QED) is 0.459. The molecule has 0 aromatic carbocycles. The Bertz CT molecular complexity index is 651. The van der Waals surface area contributed by atoms with E-state index in [2.05, 4.69) is 30.5 Å². The molecule has 18 heavy (non-hydrogen) atoms. The molecule has 0 aliphatic rings. The number of pyridine rings is 1. The molecule has 4 N–H and O–H groups in total. The number of hydrogen-bond donors (Lipinski definition) is 3. The Balaban J connectivity index is 2.36.